The highest BCUT2D eigenvalue weighted by Crippen LogP contribution is 2.21. The fraction of sp³-hybridized carbons (Fsp3) is 0.308. The van der Waals surface area contributed by atoms with Crippen molar-refractivity contribution in [3.63, 3.8) is 0 Å². The number of carboxylic acid groups (broad SMARTS) is 1. The van der Waals surface area contributed by atoms with E-state index in [0.29, 0.717) is 5.52 Å². The SMILES string of the molecule is CSCC(C)Nc1ncnc2cc(C(=O)O)ccc12. The van der Waals surface area contributed by atoms with Gasteiger partial charge in [0.2, 0.25) is 0 Å². The van der Waals surface area contributed by atoms with Crippen LogP contribution >= 0.6 is 11.8 Å². The Hall–Kier alpha value is -1.82. The summed E-state index contributed by atoms with van der Waals surface area (Å²) in [5.74, 6) is 0.757. The van der Waals surface area contributed by atoms with Crippen molar-refractivity contribution in [1.82, 2.24) is 9.97 Å². The Morgan fingerprint density at radius 1 is 1.47 bits per heavy atom. The minimum absolute atomic E-state index is 0.231. The van der Waals surface area contributed by atoms with Crippen LogP contribution in [-0.4, -0.2) is 39.1 Å². The minimum Gasteiger partial charge on any atom is -0.478 e. The van der Waals surface area contributed by atoms with Gasteiger partial charge in [-0.1, -0.05) is 0 Å². The van der Waals surface area contributed by atoms with Gasteiger partial charge in [-0.3, -0.25) is 0 Å². The van der Waals surface area contributed by atoms with E-state index in [9.17, 15) is 4.79 Å². The first-order valence-electron chi connectivity index (χ1n) is 5.85. The molecule has 1 unspecified atom stereocenters. The molecule has 2 aromatic rings. The topological polar surface area (TPSA) is 75.1 Å². The van der Waals surface area contributed by atoms with Gasteiger partial charge in [0.1, 0.15) is 12.1 Å². The van der Waals surface area contributed by atoms with Crippen molar-refractivity contribution >= 4 is 34.5 Å². The smallest absolute Gasteiger partial charge is 0.335 e. The van der Waals surface area contributed by atoms with Crippen molar-refractivity contribution in [3.8, 4) is 0 Å². The van der Waals surface area contributed by atoms with Crippen molar-refractivity contribution in [2.45, 2.75) is 13.0 Å². The lowest BCUT2D eigenvalue weighted by molar-refractivity contribution is 0.0697. The molecule has 1 atom stereocenters. The second kappa shape index (κ2) is 5.88. The van der Waals surface area contributed by atoms with E-state index in [-0.39, 0.29) is 11.6 Å². The van der Waals surface area contributed by atoms with E-state index < -0.39 is 5.97 Å². The van der Waals surface area contributed by atoms with Crippen LogP contribution in [0, 0.1) is 0 Å². The molecule has 0 amide bonds. The van der Waals surface area contributed by atoms with Crippen LogP contribution in [0.4, 0.5) is 5.82 Å². The third-order valence-electron chi connectivity index (χ3n) is 2.68. The summed E-state index contributed by atoms with van der Waals surface area (Å²) in [7, 11) is 0. The van der Waals surface area contributed by atoms with Crippen molar-refractivity contribution in [1.29, 1.82) is 0 Å². The molecule has 0 spiro atoms. The Morgan fingerprint density at radius 2 is 2.26 bits per heavy atom. The third kappa shape index (κ3) is 3.14. The molecular weight excluding hydrogens is 262 g/mol. The van der Waals surface area contributed by atoms with E-state index in [4.69, 9.17) is 5.11 Å². The largest absolute Gasteiger partial charge is 0.478 e. The highest BCUT2D eigenvalue weighted by atomic mass is 32.2. The number of thioether (sulfide) groups is 1. The molecule has 0 fully saturated rings. The van der Waals surface area contributed by atoms with Gasteiger partial charge in [-0.2, -0.15) is 11.8 Å². The van der Waals surface area contributed by atoms with Crippen LogP contribution in [0.3, 0.4) is 0 Å². The van der Waals surface area contributed by atoms with Gasteiger partial charge in [0.15, 0.2) is 0 Å². The van der Waals surface area contributed by atoms with Crippen LogP contribution < -0.4 is 5.32 Å². The maximum Gasteiger partial charge on any atom is 0.335 e. The third-order valence-corrected chi connectivity index (χ3v) is 3.52. The average Bonchev–Trinajstić information content (AvgIpc) is 2.38. The van der Waals surface area contributed by atoms with Crippen LogP contribution in [-0.2, 0) is 0 Å². The predicted octanol–water partition coefficient (Wildman–Crippen LogP) is 2.49. The van der Waals surface area contributed by atoms with Gasteiger partial charge in [0.25, 0.3) is 0 Å². The lowest BCUT2D eigenvalue weighted by Gasteiger charge is -2.14. The Balaban J connectivity index is 2.37. The molecule has 0 aliphatic carbocycles. The number of nitrogens with one attached hydrogen (secondary N) is 1. The number of carboxylic acids is 1. The van der Waals surface area contributed by atoms with Crippen molar-refractivity contribution < 1.29 is 9.90 Å². The molecule has 2 N–H and O–H groups in total. The van der Waals surface area contributed by atoms with Gasteiger partial charge in [-0.05, 0) is 31.4 Å². The van der Waals surface area contributed by atoms with E-state index in [0.717, 1.165) is 17.0 Å². The van der Waals surface area contributed by atoms with Crippen LogP contribution in [0.15, 0.2) is 24.5 Å². The van der Waals surface area contributed by atoms with Gasteiger partial charge in [0.05, 0.1) is 11.1 Å². The number of benzene rings is 1. The molecule has 2 rings (SSSR count). The molecule has 5 nitrogen and oxygen atoms in total. The van der Waals surface area contributed by atoms with Crippen molar-refractivity contribution in [2.75, 3.05) is 17.3 Å². The van der Waals surface area contributed by atoms with Gasteiger partial charge in [-0.25, -0.2) is 14.8 Å². The van der Waals surface area contributed by atoms with E-state index in [2.05, 4.69) is 28.5 Å². The molecule has 0 bridgehead atoms. The van der Waals surface area contributed by atoms with Gasteiger partial charge >= 0.3 is 5.97 Å². The number of rotatable bonds is 5. The monoisotopic (exact) mass is 277 g/mol. The quantitative estimate of drug-likeness (QED) is 0.874. The number of carbonyl (C=O) groups is 1. The minimum atomic E-state index is -0.953. The first-order chi connectivity index (χ1) is 9.11. The number of hydrogen-bond acceptors (Lipinski definition) is 5. The van der Waals surface area contributed by atoms with Crippen molar-refractivity contribution in [2.24, 2.45) is 0 Å². The molecule has 0 aliphatic rings. The van der Waals surface area contributed by atoms with Crippen LogP contribution in [0.1, 0.15) is 17.3 Å². The number of aromatic nitrogens is 2. The van der Waals surface area contributed by atoms with E-state index in [1.54, 1.807) is 30.0 Å². The maximum absolute atomic E-state index is 10.9. The van der Waals surface area contributed by atoms with E-state index in [1.165, 1.54) is 6.33 Å². The molecule has 0 saturated carbocycles. The number of aromatic carboxylic acids is 1. The number of anilines is 1. The van der Waals surface area contributed by atoms with Crippen LogP contribution in [0.2, 0.25) is 0 Å². The summed E-state index contributed by atoms with van der Waals surface area (Å²) in [6.07, 6.45) is 3.50. The molecule has 1 heterocycles. The summed E-state index contributed by atoms with van der Waals surface area (Å²) in [6.45, 7) is 2.08. The van der Waals surface area contributed by atoms with E-state index in [1.807, 2.05) is 0 Å². The first-order valence-corrected chi connectivity index (χ1v) is 7.24. The van der Waals surface area contributed by atoms with Crippen molar-refractivity contribution in [3.05, 3.63) is 30.1 Å². The molecule has 1 aromatic carbocycles. The summed E-state index contributed by atoms with van der Waals surface area (Å²) >= 11 is 1.76. The zero-order valence-electron chi connectivity index (χ0n) is 10.8. The number of hydrogen-bond donors (Lipinski definition) is 2. The number of fused-ring (bicyclic) bond motifs is 1. The maximum atomic E-state index is 10.9. The second-order valence-corrected chi connectivity index (χ2v) is 5.17. The Kier molecular flexibility index (Phi) is 4.21. The molecule has 100 valence electrons. The fourth-order valence-corrected chi connectivity index (χ4v) is 2.41. The average molecular weight is 277 g/mol. The first kappa shape index (κ1) is 13.6. The lowest BCUT2D eigenvalue weighted by atomic mass is 10.1. The Labute approximate surface area is 115 Å². The predicted molar refractivity (Wildman–Crippen MR) is 78.0 cm³/mol. The fourth-order valence-electron chi connectivity index (χ4n) is 1.83. The van der Waals surface area contributed by atoms with Crippen LogP contribution in [0.25, 0.3) is 10.9 Å². The molecule has 0 aliphatic heterocycles. The highest BCUT2D eigenvalue weighted by Gasteiger charge is 2.09. The van der Waals surface area contributed by atoms with Crippen LogP contribution in [0.5, 0.6) is 0 Å². The van der Waals surface area contributed by atoms with Gasteiger partial charge < -0.3 is 10.4 Å². The van der Waals surface area contributed by atoms with E-state index >= 15 is 0 Å². The van der Waals surface area contributed by atoms with Gasteiger partial charge in [0, 0.05) is 17.2 Å². The molecular formula is C13H15N3O2S. The molecule has 6 heteroatoms. The normalized spacial score (nSPS) is 12.3. The molecule has 0 saturated heterocycles. The Bertz CT molecular complexity index is 603. The highest BCUT2D eigenvalue weighted by molar-refractivity contribution is 7.98. The zero-order chi connectivity index (χ0) is 13.8. The zero-order valence-corrected chi connectivity index (χ0v) is 11.6. The molecule has 1 aromatic heterocycles. The molecule has 0 radical (unpaired) electrons. The number of nitrogens with zero attached hydrogens (tertiary/aromatic N) is 2. The summed E-state index contributed by atoms with van der Waals surface area (Å²) in [6, 6.07) is 5.15. The summed E-state index contributed by atoms with van der Waals surface area (Å²) in [5, 5.41) is 13.1. The summed E-state index contributed by atoms with van der Waals surface area (Å²) in [4.78, 5) is 19.3. The lowest BCUT2D eigenvalue weighted by Crippen LogP contribution is -2.18. The summed E-state index contributed by atoms with van der Waals surface area (Å²) in [5.41, 5.74) is 0.864. The standard InChI is InChI=1S/C13H15N3O2S/c1-8(6-19-2)16-12-10-4-3-9(13(17)18)5-11(10)14-7-15-12/h3-5,7-8H,6H2,1-2H3,(H,17,18)(H,14,15,16). The Morgan fingerprint density at radius 3 is 2.95 bits per heavy atom. The summed E-state index contributed by atoms with van der Waals surface area (Å²) < 4.78 is 0. The van der Waals surface area contributed by atoms with Gasteiger partial charge in [-0.15, -0.1) is 0 Å². The molecule has 19 heavy (non-hydrogen) atoms. The second-order valence-electron chi connectivity index (χ2n) is 4.26.